The normalized spacial score (nSPS) is 10.3. The van der Waals surface area contributed by atoms with Gasteiger partial charge in [0.15, 0.2) is 0 Å². The number of nitrogens with zero attached hydrogens (tertiary/aromatic N) is 3. The molecule has 0 aliphatic heterocycles. The highest BCUT2D eigenvalue weighted by Crippen LogP contribution is 1.66. The SMILES string of the molecule is N#CC=NN=CCl. The fourth-order valence-electron chi connectivity index (χ4n) is 0.0844. The van der Waals surface area contributed by atoms with E-state index < -0.39 is 0 Å². The molecular formula is C3H2ClN3. The average Bonchev–Trinajstić information content (AvgIpc) is 1.69. The Balaban J connectivity index is 3.33. The van der Waals surface area contributed by atoms with E-state index in [1.54, 1.807) is 6.07 Å². The molecule has 0 rings (SSSR count). The Kier molecular flexibility index (Phi) is 4.48. The van der Waals surface area contributed by atoms with Gasteiger partial charge in [-0.1, -0.05) is 11.6 Å². The van der Waals surface area contributed by atoms with Crippen LogP contribution in [0.5, 0.6) is 0 Å². The predicted octanol–water partition coefficient (Wildman–Crippen LogP) is 0.763. The second kappa shape index (κ2) is 5.12. The van der Waals surface area contributed by atoms with Crippen molar-refractivity contribution in [3.05, 3.63) is 0 Å². The fourth-order valence-corrected chi connectivity index (χ4v) is 0.135. The molecule has 0 aliphatic rings. The minimum atomic E-state index is 0.980. The average molecular weight is 116 g/mol. The van der Waals surface area contributed by atoms with Crippen LogP contribution >= 0.6 is 11.6 Å². The lowest BCUT2D eigenvalue weighted by Gasteiger charge is -1.61. The third-order valence-corrected chi connectivity index (χ3v) is 0.313. The second-order valence-corrected chi connectivity index (χ2v) is 0.782. The Morgan fingerprint density at radius 2 is 2.29 bits per heavy atom. The second-order valence-electron chi connectivity index (χ2n) is 0.587. The van der Waals surface area contributed by atoms with Crippen molar-refractivity contribution in [3.8, 4) is 6.07 Å². The topological polar surface area (TPSA) is 48.5 Å². The van der Waals surface area contributed by atoms with Crippen molar-refractivity contribution < 1.29 is 0 Å². The monoisotopic (exact) mass is 115 g/mol. The van der Waals surface area contributed by atoms with E-state index in [9.17, 15) is 0 Å². The van der Waals surface area contributed by atoms with Gasteiger partial charge < -0.3 is 0 Å². The predicted molar refractivity (Wildman–Crippen MR) is 28.4 cm³/mol. The van der Waals surface area contributed by atoms with E-state index in [1.807, 2.05) is 0 Å². The van der Waals surface area contributed by atoms with E-state index in [1.165, 1.54) is 0 Å². The Hall–Kier alpha value is -0.880. The number of halogens is 1. The molecule has 0 aromatic heterocycles. The molecule has 0 aliphatic carbocycles. The summed E-state index contributed by atoms with van der Waals surface area (Å²) in [4.78, 5) is 0. The molecule has 0 saturated heterocycles. The first-order valence-corrected chi connectivity index (χ1v) is 1.88. The first-order chi connectivity index (χ1) is 3.41. The Morgan fingerprint density at radius 1 is 1.57 bits per heavy atom. The van der Waals surface area contributed by atoms with Crippen molar-refractivity contribution in [1.29, 1.82) is 5.26 Å². The van der Waals surface area contributed by atoms with Gasteiger partial charge >= 0.3 is 0 Å². The van der Waals surface area contributed by atoms with Crippen LogP contribution in [0.25, 0.3) is 0 Å². The first kappa shape index (κ1) is 6.12. The molecule has 0 heterocycles. The van der Waals surface area contributed by atoms with Crippen LogP contribution in [0.4, 0.5) is 0 Å². The Bertz CT molecular complexity index is 121. The number of hydrogen-bond acceptors (Lipinski definition) is 3. The van der Waals surface area contributed by atoms with E-state index in [-0.39, 0.29) is 0 Å². The highest BCUT2D eigenvalue weighted by molar-refractivity contribution is 6.56. The molecule has 0 unspecified atom stereocenters. The molecular weight excluding hydrogens is 114 g/mol. The first-order valence-electron chi connectivity index (χ1n) is 1.45. The van der Waals surface area contributed by atoms with Crippen molar-refractivity contribution in [2.24, 2.45) is 10.2 Å². The molecule has 36 valence electrons. The summed E-state index contributed by atoms with van der Waals surface area (Å²) in [5.41, 5.74) is 0.980. The van der Waals surface area contributed by atoms with Gasteiger partial charge in [0.1, 0.15) is 18.0 Å². The summed E-state index contributed by atoms with van der Waals surface area (Å²) >= 11 is 4.92. The molecule has 3 nitrogen and oxygen atoms in total. The largest absolute Gasteiger partial charge is 0.191 e. The maximum atomic E-state index is 7.78. The number of nitriles is 1. The third-order valence-electron chi connectivity index (χ3n) is 0.226. The van der Waals surface area contributed by atoms with Crippen molar-refractivity contribution in [3.63, 3.8) is 0 Å². The molecule has 0 bridgehead atoms. The minimum Gasteiger partial charge on any atom is -0.191 e. The lowest BCUT2D eigenvalue weighted by molar-refractivity contribution is 1.28. The molecule has 0 spiro atoms. The van der Waals surface area contributed by atoms with Crippen molar-refractivity contribution in [1.82, 2.24) is 0 Å². The van der Waals surface area contributed by atoms with Gasteiger partial charge in [0.25, 0.3) is 0 Å². The summed E-state index contributed by atoms with van der Waals surface area (Å²) in [7, 11) is 0. The Labute approximate surface area is 45.9 Å². The van der Waals surface area contributed by atoms with Gasteiger partial charge in [-0.25, -0.2) is 0 Å². The van der Waals surface area contributed by atoms with Crippen LogP contribution in [-0.2, 0) is 0 Å². The van der Waals surface area contributed by atoms with E-state index in [0.29, 0.717) is 0 Å². The molecule has 0 aromatic carbocycles. The van der Waals surface area contributed by atoms with Gasteiger partial charge in [-0.15, -0.1) is 10.2 Å². The molecule has 0 fully saturated rings. The Morgan fingerprint density at radius 3 is 2.71 bits per heavy atom. The molecule has 0 N–H and O–H groups in total. The summed E-state index contributed by atoms with van der Waals surface area (Å²) in [6.07, 6.45) is 0.985. The fraction of sp³-hybridized carbons (Fsp3) is 0. The van der Waals surface area contributed by atoms with Crippen molar-refractivity contribution >= 4 is 23.5 Å². The van der Waals surface area contributed by atoms with Crippen LogP contribution in [-0.4, -0.2) is 11.9 Å². The smallest absolute Gasteiger partial charge is 0.127 e. The van der Waals surface area contributed by atoms with E-state index in [0.717, 1.165) is 11.9 Å². The van der Waals surface area contributed by atoms with Crippen molar-refractivity contribution in [2.75, 3.05) is 0 Å². The van der Waals surface area contributed by atoms with Crippen LogP contribution in [0.15, 0.2) is 10.2 Å². The lowest BCUT2D eigenvalue weighted by atomic mass is 10.9. The maximum Gasteiger partial charge on any atom is 0.127 e. The zero-order valence-electron chi connectivity index (χ0n) is 3.37. The number of hydrogen-bond donors (Lipinski definition) is 0. The van der Waals surface area contributed by atoms with Gasteiger partial charge in [0.2, 0.25) is 0 Å². The van der Waals surface area contributed by atoms with Gasteiger partial charge in [0, 0.05) is 0 Å². The zero-order valence-corrected chi connectivity index (χ0v) is 4.13. The third kappa shape index (κ3) is 5.12. The molecule has 0 atom stereocenters. The minimum absolute atomic E-state index is 0.980. The summed E-state index contributed by atoms with van der Waals surface area (Å²) in [5.74, 6) is 0. The van der Waals surface area contributed by atoms with Crippen LogP contribution < -0.4 is 0 Å². The molecule has 4 heteroatoms. The molecule has 0 amide bonds. The highest BCUT2D eigenvalue weighted by Gasteiger charge is 1.56. The summed E-state index contributed by atoms with van der Waals surface area (Å²) in [6.45, 7) is 0. The van der Waals surface area contributed by atoms with E-state index in [4.69, 9.17) is 16.9 Å². The lowest BCUT2D eigenvalue weighted by Crippen LogP contribution is -1.57. The van der Waals surface area contributed by atoms with Crippen LogP contribution in [0.3, 0.4) is 0 Å². The van der Waals surface area contributed by atoms with Gasteiger partial charge in [-0.2, -0.15) is 5.26 Å². The van der Waals surface area contributed by atoms with Crippen molar-refractivity contribution in [2.45, 2.75) is 0 Å². The van der Waals surface area contributed by atoms with Gasteiger partial charge in [-0.05, 0) is 0 Å². The standard InChI is InChI=1S/C3H2ClN3/c4-3-7-6-2-1-5/h2-3H. The quantitative estimate of drug-likeness (QED) is 0.368. The van der Waals surface area contributed by atoms with E-state index in [2.05, 4.69) is 10.2 Å². The van der Waals surface area contributed by atoms with Crippen LogP contribution in [0, 0.1) is 11.3 Å². The zero-order chi connectivity index (χ0) is 5.54. The molecule has 0 aromatic rings. The van der Waals surface area contributed by atoms with Crippen LogP contribution in [0.1, 0.15) is 0 Å². The summed E-state index contributed by atoms with van der Waals surface area (Å²) < 4.78 is 0. The maximum absolute atomic E-state index is 7.78. The number of rotatable bonds is 1. The van der Waals surface area contributed by atoms with Gasteiger partial charge in [-0.3, -0.25) is 0 Å². The van der Waals surface area contributed by atoms with Gasteiger partial charge in [0.05, 0.1) is 0 Å². The molecule has 7 heavy (non-hydrogen) atoms. The van der Waals surface area contributed by atoms with E-state index >= 15 is 0 Å². The molecule has 0 radical (unpaired) electrons. The summed E-state index contributed by atoms with van der Waals surface area (Å²) in [6, 6.07) is 1.64. The summed E-state index contributed by atoms with van der Waals surface area (Å²) in [5, 5.41) is 14.1. The highest BCUT2D eigenvalue weighted by atomic mass is 35.5. The van der Waals surface area contributed by atoms with Crippen LogP contribution in [0.2, 0.25) is 0 Å². The molecule has 0 saturated carbocycles.